The summed E-state index contributed by atoms with van der Waals surface area (Å²) in [5, 5.41) is 17.0. The number of fused-ring (bicyclic) bond motifs is 3. The molecule has 29 heteroatoms. The van der Waals surface area contributed by atoms with Gasteiger partial charge in [0.05, 0.1) is 90.3 Å². The topological polar surface area (TPSA) is 362 Å². The van der Waals surface area contributed by atoms with Gasteiger partial charge in [-0.2, -0.15) is 20.2 Å². The quantitative estimate of drug-likeness (QED) is 0.0328. The first-order valence-corrected chi connectivity index (χ1v) is 29.2. The number of piperidine rings is 1. The second-order valence-electron chi connectivity index (χ2n) is 21.3. The van der Waals surface area contributed by atoms with Gasteiger partial charge in [-0.15, -0.1) is 0 Å². The first-order valence-electron chi connectivity index (χ1n) is 29.2. The molecule has 9 amide bonds. The van der Waals surface area contributed by atoms with Gasteiger partial charge < -0.3 is 59.3 Å². The number of rotatable bonds is 29. The maximum absolute atomic E-state index is 14.0. The molecule has 0 aliphatic carbocycles. The number of anilines is 1. The van der Waals surface area contributed by atoms with Crippen molar-refractivity contribution in [2.75, 3.05) is 64.7 Å². The van der Waals surface area contributed by atoms with E-state index < -0.39 is 65.3 Å². The number of imide groups is 2. The minimum absolute atomic E-state index is 0.0224. The number of nitrogens with one attached hydrogen (secondary N) is 3. The van der Waals surface area contributed by atoms with Crippen LogP contribution < -0.4 is 38.7 Å². The Hall–Kier alpha value is -9.71. The van der Waals surface area contributed by atoms with Crippen molar-refractivity contribution >= 4 is 80.9 Å². The van der Waals surface area contributed by atoms with Gasteiger partial charge in [0.2, 0.25) is 40.8 Å². The molecule has 2 aliphatic rings. The van der Waals surface area contributed by atoms with Crippen LogP contribution >= 0.6 is 0 Å². The fourth-order valence-corrected chi connectivity index (χ4v) is 10.9. The average Bonchev–Trinajstić information content (AvgIpc) is 1.72. The maximum Gasteiger partial charge on any atom is 0.298 e. The third kappa shape index (κ3) is 14.3. The summed E-state index contributed by atoms with van der Waals surface area (Å²) in [6, 6.07) is 17.0. The second-order valence-corrected chi connectivity index (χ2v) is 21.3. The summed E-state index contributed by atoms with van der Waals surface area (Å²) >= 11 is 0. The van der Waals surface area contributed by atoms with Gasteiger partial charge in [-0.1, -0.05) is 6.07 Å². The fourth-order valence-electron chi connectivity index (χ4n) is 10.9. The lowest BCUT2D eigenvalue weighted by molar-refractivity contribution is -0.136. The molecule has 1 saturated heterocycles. The fraction of sp³-hybridized carbons (Fsp3) is 0.417. The maximum atomic E-state index is 14.0. The number of nitrogens with zero attached hydrogens (tertiary/aromatic N) is 11. The molecule has 1 fully saturated rings. The average molecular weight is 1230 g/mol. The van der Waals surface area contributed by atoms with Gasteiger partial charge in [-0.05, 0) is 108 Å². The monoisotopic (exact) mass is 1220 g/mol. The number of aromatic nitrogens is 8. The number of imidazole rings is 2. The number of hydrogen-bond donors (Lipinski definition) is 5. The Balaban J connectivity index is 0.824. The van der Waals surface area contributed by atoms with E-state index in [4.69, 9.17) is 30.4 Å². The molecule has 1 unspecified atom stereocenters. The van der Waals surface area contributed by atoms with Crippen LogP contribution in [0, 0.1) is 13.8 Å². The second kappa shape index (κ2) is 28.4. The molecule has 4 aromatic heterocycles. The van der Waals surface area contributed by atoms with Crippen LogP contribution in [0.2, 0.25) is 0 Å². The minimum Gasteiger partial charge on any atom is -0.382 e. The molecule has 0 saturated carbocycles. The molecule has 0 spiro atoms. The third-order valence-corrected chi connectivity index (χ3v) is 15.3. The standard InChI is InChI=1S/C60H72N16O13/c1-7-74-47(30-35(3)68-74)55(82)66-59-70(5)45-32-37(52(61)79)12-14-42(45)72(59)22-18-39(19-23-73-43-15-13-38(53(62)80)33-46(43)71(6)60(73)67-56(83)48-31-36(4)69-75(48)8-2)89-34-50(78)64-21-25-87-27-29-88-28-26-86-24-20-63-41-11-9-10-40-51(41)58(85)76(57(40)84)44-16-17-49(77)65-54(44)81/h9-15,30-33,39,44,63H,7-8,16-29,34H2,1-6H3,(H2,61,79)(H2,62,80)(H,64,78)(H,65,77,81). The predicted molar refractivity (Wildman–Crippen MR) is 320 cm³/mol. The summed E-state index contributed by atoms with van der Waals surface area (Å²) in [6.45, 7) is 10.1. The lowest BCUT2D eigenvalue weighted by Crippen LogP contribution is -2.54. The normalized spacial score (nSPS) is 14.9. The van der Waals surface area contributed by atoms with Crippen LogP contribution in [0.5, 0.6) is 0 Å². The van der Waals surface area contributed by atoms with Crippen LogP contribution in [-0.2, 0) is 73.6 Å². The molecule has 2 aliphatic heterocycles. The van der Waals surface area contributed by atoms with E-state index in [0.29, 0.717) is 70.2 Å². The van der Waals surface area contributed by atoms with Crippen LogP contribution in [-0.4, -0.2) is 167 Å². The molecule has 3 aromatic carbocycles. The van der Waals surface area contributed by atoms with E-state index >= 15 is 0 Å². The molecule has 29 nitrogen and oxygen atoms in total. The molecule has 0 radical (unpaired) electrons. The number of primary amides is 2. The van der Waals surface area contributed by atoms with Crippen LogP contribution in [0.3, 0.4) is 0 Å². The highest BCUT2D eigenvalue weighted by molar-refractivity contribution is 6.25. The van der Waals surface area contributed by atoms with E-state index in [1.54, 1.807) is 107 Å². The first kappa shape index (κ1) is 63.8. The Morgan fingerprint density at radius 3 is 1.70 bits per heavy atom. The number of amides is 9. The molecule has 7 N–H and O–H groups in total. The molecule has 1 atom stereocenters. The molecular weight excluding hydrogens is 1150 g/mol. The highest BCUT2D eigenvalue weighted by Gasteiger charge is 2.45. The van der Waals surface area contributed by atoms with Crippen LogP contribution in [0.1, 0.15) is 113 Å². The van der Waals surface area contributed by atoms with E-state index in [9.17, 15) is 43.2 Å². The Kier molecular flexibility index (Phi) is 20.4. The largest absolute Gasteiger partial charge is 0.382 e. The van der Waals surface area contributed by atoms with Gasteiger partial charge >= 0.3 is 0 Å². The lowest BCUT2D eigenvalue weighted by Gasteiger charge is -2.27. The Bertz CT molecular complexity index is 3890. The SMILES string of the molecule is CCn1nc(C)cc1C(=O)N=c1n(C)c2cc(C(N)=O)ccc2n1CCC(CCn1c(=NC(=O)c2cc(C)nn2CC)n(C)c2cc(C(N)=O)ccc21)OCC(=O)NCCOCCOCCOCCNc1cccc2c1C(=O)N(C1CCC(=O)NC1=O)C2=O. The lowest BCUT2D eigenvalue weighted by atomic mass is 10.0. The van der Waals surface area contributed by atoms with E-state index in [1.165, 1.54) is 6.07 Å². The van der Waals surface area contributed by atoms with Crippen molar-refractivity contribution in [1.82, 2.24) is 53.4 Å². The van der Waals surface area contributed by atoms with Gasteiger partial charge in [0, 0.05) is 76.6 Å². The van der Waals surface area contributed by atoms with E-state index in [0.717, 1.165) is 4.90 Å². The Morgan fingerprint density at radius 2 is 1.19 bits per heavy atom. The zero-order valence-electron chi connectivity index (χ0n) is 50.4. The highest BCUT2D eigenvalue weighted by atomic mass is 16.5. The Morgan fingerprint density at radius 1 is 0.674 bits per heavy atom. The first-order chi connectivity index (χ1) is 42.8. The van der Waals surface area contributed by atoms with E-state index in [-0.39, 0.29) is 125 Å². The summed E-state index contributed by atoms with van der Waals surface area (Å²) in [6.07, 6.45) is -0.0714. The summed E-state index contributed by atoms with van der Waals surface area (Å²) in [7, 11) is 3.46. The van der Waals surface area contributed by atoms with Gasteiger partial charge in [-0.25, -0.2) is 0 Å². The predicted octanol–water partition coefficient (Wildman–Crippen LogP) is 1.55. The zero-order chi connectivity index (χ0) is 63.6. The molecule has 470 valence electrons. The van der Waals surface area contributed by atoms with E-state index in [2.05, 4.69) is 36.1 Å². The number of aryl methyl sites for hydroxylation is 8. The molecule has 89 heavy (non-hydrogen) atoms. The van der Waals surface area contributed by atoms with Crippen molar-refractivity contribution in [3.8, 4) is 0 Å². The number of carbonyl (C=O) groups excluding carboxylic acids is 9. The summed E-state index contributed by atoms with van der Waals surface area (Å²) in [5.74, 6) is -5.11. The van der Waals surface area contributed by atoms with Crippen molar-refractivity contribution in [2.45, 2.75) is 91.7 Å². The number of benzene rings is 3. The summed E-state index contributed by atoms with van der Waals surface area (Å²) in [4.78, 5) is 127. The molecule has 7 aromatic rings. The summed E-state index contributed by atoms with van der Waals surface area (Å²) in [5.41, 5.74) is 17.5. The highest BCUT2D eigenvalue weighted by Crippen LogP contribution is 2.32. The third-order valence-electron chi connectivity index (χ3n) is 15.3. The van der Waals surface area contributed by atoms with Crippen molar-refractivity contribution in [3.63, 3.8) is 0 Å². The molecule has 9 rings (SSSR count). The minimum atomic E-state index is -1.07. The number of nitrogens with two attached hydrogens (primary N) is 2. The molecule has 6 heterocycles. The number of ether oxygens (including phenoxy) is 4. The molecule has 0 bridgehead atoms. The van der Waals surface area contributed by atoms with Crippen molar-refractivity contribution in [3.05, 3.63) is 123 Å². The van der Waals surface area contributed by atoms with Crippen molar-refractivity contribution in [1.29, 1.82) is 0 Å². The van der Waals surface area contributed by atoms with Gasteiger partial charge in [0.15, 0.2) is 0 Å². The summed E-state index contributed by atoms with van der Waals surface area (Å²) < 4.78 is 33.7. The van der Waals surface area contributed by atoms with E-state index in [1.807, 2.05) is 23.0 Å². The number of carbonyl (C=O) groups is 9. The Labute approximate surface area is 509 Å². The van der Waals surface area contributed by atoms with Crippen LogP contribution in [0.15, 0.2) is 76.7 Å². The van der Waals surface area contributed by atoms with Crippen LogP contribution in [0.4, 0.5) is 5.69 Å². The van der Waals surface area contributed by atoms with Crippen LogP contribution in [0.25, 0.3) is 22.1 Å². The zero-order valence-corrected chi connectivity index (χ0v) is 50.4. The van der Waals surface area contributed by atoms with Gasteiger partial charge in [0.25, 0.3) is 23.6 Å². The number of hydrogen-bond acceptors (Lipinski definition) is 16. The molecular formula is C60H72N16O13. The van der Waals surface area contributed by atoms with Gasteiger partial charge in [-0.3, -0.25) is 62.7 Å². The van der Waals surface area contributed by atoms with Crippen molar-refractivity contribution in [2.24, 2.45) is 35.5 Å². The van der Waals surface area contributed by atoms with Crippen molar-refractivity contribution < 1.29 is 62.1 Å². The smallest absolute Gasteiger partial charge is 0.298 e. The van der Waals surface area contributed by atoms with Gasteiger partial charge in [0.1, 0.15) is 24.0 Å².